The molecule has 1 aliphatic carbocycles. The number of rotatable bonds is 3. The molecule has 18 heavy (non-hydrogen) atoms. The fourth-order valence-corrected chi connectivity index (χ4v) is 2.25. The molecule has 3 rings (SSSR count). The molecule has 0 atom stereocenters. The maximum Gasteiger partial charge on any atom is 0.313 e. The third kappa shape index (κ3) is 2.27. The maximum absolute atomic E-state index is 12.1. The van der Waals surface area contributed by atoms with Gasteiger partial charge in [-0.15, -0.1) is 0 Å². The second-order valence-electron chi connectivity index (χ2n) is 4.21. The van der Waals surface area contributed by atoms with Crippen LogP contribution < -0.4 is 10.3 Å². The zero-order valence-electron chi connectivity index (χ0n) is 9.54. The number of benzene rings is 1. The first-order valence-electron chi connectivity index (χ1n) is 5.75. The monoisotopic (exact) mass is 354 g/mol. The Balaban J connectivity index is 1.96. The molecular formula is C13H11IN2O2. The first kappa shape index (κ1) is 11.7. The summed E-state index contributed by atoms with van der Waals surface area (Å²) in [6.07, 6.45) is 5.46. The van der Waals surface area contributed by atoms with Gasteiger partial charge in [-0.3, -0.25) is 4.79 Å². The maximum atomic E-state index is 12.1. The number of ether oxygens (including phenoxy) is 1. The number of hydrogen-bond acceptors (Lipinski definition) is 3. The van der Waals surface area contributed by atoms with Crippen molar-refractivity contribution in [3.05, 3.63) is 50.6 Å². The molecule has 0 N–H and O–H groups in total. The number of aromatic nitrogens is 2. The Kier molecular flexibility index (Phi) is 3.07. The second-order valence-corrected chi connectivity index (χ2v) is 5.37. The molecule has 1 aromatic heterocycles. The van der Waals surface area contributed by atoms with Crippen molar-refractivity contribution in [2.24, 2.45) is 0 Å². The summed E-state index contributed by atoms with van der Waals surface area (Å²) in [5.41, 5.74) is -0.153. The van der Waals surface area contributed by atoms with E-state index in [1.54, 1.807) is 17.0 Å². The molecule has 0 spiro atoms. The molecule has 1 heterocycles. The molecule has 0 aliphatic heterocycles. The van der Waals surface area contributed by atoms with Crippen molar-refractivity contribution >= 4 is 22.6 Å². The molecule has 0 unspecified atom stereocenters. The molecule has 4 nitrogen and oxygen atoms in total. The van der Waals surface area contributed by atoms with E-state index in [9.17, 15) is 4.79 Å². The highest BCUT2D eigenvalue weighted by molar-refractivity contribution is 14.1. The molecule has 0 amide bonds. The average molecular weight is 354 g/mol. The smallest absolute Gasteiger partial charge is 0.313 e. The van der Waals surface area contributed by atoms with E-state index in [4.69, 9.17) is 4.74 Å². The van der Waals surface area contributed by atoms with Crippen LogP contribution in [0.25, 0.3) is 0 Å². The third-order valence-electron chi connectivity index (χ3n) is 2.82. The van der Waals surface area contributed by atoms with E-state index in [2.05, 4.69) is 27.6 Å². The Labute approximate surface area is 118 Å². The van der Waals surface area contributed by atoms with Crippen molar-refractivity contribution in [3.63, 3.8) is 0 Å². The van der Waals surface area contributed by atoms with Crippen molar-refractivity contribution in [3.8, 4) is 11.6 Å². The summed E-state index contributed by atoms with van der Waals surface area (Å²) >= 11 is 2.17. The predicted molar refractivity (Wildman–Crippen MR) is 76.0 cm³/mol. The standard InChI is InChI=1S/C13H11IN2O2/c14-10-3-1-2-4-11(10)18-12-13(17)16(8-7-15-12)9-5-6-9/h1-4,7-9H,5-6H2. The summed E-state index contributed by atoms with van der Waals surface area (Å²) in [5.74, 6) is 0.810. The lowest BCUT2D eigenvalue weighted by Crippen LogP contribution is -2.20. The number of para-hydroxylation sites is 1. The normalized spacial score (nSPS) is 14.5. The van der Waals surface area contributed by atoms with Gasteiger partial charge >= 0.3 is 5.56 Å². The zero-order chi connectivity index (χ0) is 12.5. The van der Waals surface area contributed by atoms with Crippen LogP contribution in [-0.4, -0.2) is 9.55 Å². The molecule has 0 saturated heterocycles. The van der Waals surface area contributed by atoms with Crippen molar-refractivity contribution in [1.82, 2.24) is 9.55 Å². The van der Waals surface area contributed by atoms with Crippen molar-refractivity contribution in [1.29, 1.82) is 0 Å². The van der Waals surface area contributed by atoms with E-state index in [0.717, 1.165) is 16.4 Å². The van der Waals surface area contributed by atoms with Crippen molar-refractivity contribution < 1.29 is 4.74 Å². The van der Waals surface area contributed by atoms with Crippen LogP contribution in [0.4, 0.5) is 0 Å². The van der Waals surface area contributed by atoms with Crippen molar-refractivity contribution in [2.45, 2.75) is 18.9 Å². The number of nitrogens with zero attached hydrogens (tertiary/aromatic N) is 2. The Bertz CT molecular complexity index is 635. The molecule has 2 aromatic rings. The van der Waals surface area contributed by atoms with Gasteiger partial charge in [0.15, 0.2) is 0 Å². The van der Waals surface area contributed by atoms with Crippen LogP contribution >= 0.6 is 22.6 Å². The van der Waals surface area contributed by atoms with Crippen LogP contribution in [0.2, 0.25) is 0 Å². The fraction of sp³-hybridized carbons (Fsp3) is 0.231. The van der Waals surface area contributed by atoms with Gasteiger partial charge in [-0.2, -0.15) is 0 Å². The summed E-state index contributed by atoms with van der Waals surface area (Å²) < 4.78 is 8.27. The lowest BCUT2D eigenvalue weighted by Gasteiger charge is -2.08. The second kappa shape index (κ2) is 4.72. The largest absolute Gasteiger partial charge is 0.434 e. The third-order valence-corrected chi connectivity index (χ3v) is 3.71. The van der Waals surface area contributed by atoms with Gasteiger partial charge in [-0.05, 0) is 47.6 Å². The highest BCUT2D eigenvalue weighted by Gasteiger charge is 2.25. The molecule has 0 radical (unpaired) electrons. The molecule has 92 valence electrons. The van der Waals surface area contributed by atoms with Gasteiger partial charge in [0.25, 0.3) is 5.88 Å². The summed E-state index contributed by atoms with van der Waals surface area (Å²) in [4.78, 5) is 16.2. The van der Waals surface area contributed by atoms with Gasteiger partial charge < -0.3 is 9.30 Å². The minimum absolute atomic E-state index is 0.147. The lowest BCUT2D eigenvalue weighted by molar-refractivity contribution is 0.442. The predicted octanol–water partition coefficient (Wildman–Crippen LogP) is 2.98. The Morgan fingerprint density at radius 1 is 1.33 bits per heavy atom. The van der Waals surface area contributed by atoms with E-state index >= 15 is 0 Å². The lowest BCUT2D eigenvalue weighted by atomic mass is 10.3. The summed E-state index contributed by atoms with van der Waals surface area (Å²) in [5, 5.41) is 0. The van der Waals surface area contributed by atoms with Crippen LogP contribution in [0, 0.1) is 3.57 Å². The van der Waals surface area contributed by atoms with Gasteiger partial charge in [0.05, 0.1) is 3.57 Å². The number of hydrogen-bond donors (Lipinski definition) is 0. The summed E-state index contributed by atoms with van der Waals surface area (Å²) in [6, 6.07) is 7.89. The van der Waals surface area contributed by atoms with E-state index in [-0.39, 0.29) is 11.4 Å². The quantitative estimate of drug-likeness (QED) is 0.796. The Hall–Kier alpha value is -1.37. The zero-order valence-corrected chi connectivity index (χ0v) is 11.7. The molecule has 1 aromatic carbocycles. The van der Waals surface area contributed by atoms with Crippen LogP contribution in [0.15, 0.2) is 41.5 Å². The van der Waals surface area contributed by atoms with E-state index in [1.807, 2.05) is 24.3 Å². The SMILES string of the molecule is O=c1c(Oc2ccccc2I)nccn1C1CC1. The van der Waals surface area contributed by atoms with Crippen LogP contribution in [0.5, 0.6) is 11.6 Å². The minimum Gasteiger partial charge on any atom is -0.434 e. The molecule has 0 bridgehead atoms. The fourth-order valence-electron chi connectivity index (χ4n) is 1.75. The van der Waals surface area contributed by atoms with Gasteiger partial charge in [0, 0.05) is 18.4 Å². The van der Waals surface area contributed by atoms with Gasteiger partial charge in [-0.25, -0.2) is 4.98 Å². The van der Waals surface area contributed by atoms with E-state index in [0.29, 0.717) is 11.8 Å². The highest BCUT2D eigenvalue weighted by Crippen LogP contribution is 2.33. The van der Waals surface area contributed by atoms with Gasteiger partial charge in [-0.1, -0.05) is 12.1 Å². The van der Waals surface area contributed by atoms with Crippen LogP contribution in [0.1, 0.15) is 18.9 Å². The van der Waals surface area contributed by atoms with Gasteiger partial charge in [0.2, 0.25) is 0 Å². The molecule has 5 heteroatoms. The molecule has 1 saturated carbocycles. The minimum atomic E-state index is -0.153. The van der Waals surface area contributed by atoms with Crippen LogP contribution in [-0.2, 0) is 0 Å². The van der Waals surface area contributed by atoms with Gasteiger partial charge in [0.1, 0.15) is 5.75 Å². The molecule has 1 aliphatic rings. The molecule has 1 fully saturated rings. The topological polar surface area (TPSA) is 44.1 Å². The van der Waals surface area contributed by atoms with Crippen LogP contribution in [0.3, 0.4) is 0 Å². The highest BCUT2D eigenvalue weighted by atomic mass is 127. The van der Waals surface area contributed by atoms with E-state index in [1.165, 1.54) is 0 Å². The first-order chi connectivity index (χ1) is 8.75. The average Bonchev–Trinajstić information content (AvgIpc) is 3.19. The Morgan fingerprint density at radius 3 is 2.83 bits per heavy atom. The van der Waals surface area contributed by atoms with Crippen molar-refractivity contribution in [2.75, 3.05) is 0 Å². The first-order valence-corrected chi connectivity index (χ1v) is 6.83. The summed E-state index contributed by atoms with van der Waals surface area (Å²) in [6.45, 7) is 0. The van der Waals surface area contributed by atoms with E-state index < -0.39 is 0 Å². The molecular weight excluding hydrogens is 343 g/mol. The Morgan fingerprint density at radius 2 is 2.11 bits per heavy atom. The summed E-state index contributed by atoms with van der Waals surface area (Å²) in [7, 11) is 0. The number of halogens is 1.